The fourth-order valence-corrected chi connectivity index (χ4v) is 1.60. The minimum atomic E-state index is -0.490. The van der Waals surface area contributed by atoms with E-state index in [1.807, 2.05) is 38.1 Å². The predicted octanol–water partition coefficient (Wildman–Crippen LogP) is 2.03. The van der Waals surface area contributed by atoms with Crippen LogP contribution in [0.5, 0.6) is 5.75 Å². The van der Waals surface area contributed by atoms with Gasteiger partial charge in [-0.1, -0.05) is 26.0 Å². The third-order valence-electron chi connectivity index (χ3n) is 2.72. The monoisotopic (exact) mass is 303 g/mol. The summed E-state index contributed by atoms with van der Waals surface area (Å²) in [6.07, 6.45) is 0.410. The molecular formula is C15H26ClNO3. The second-order valence-corrected chi connectivity index (χ2v) is 4.91. The van der Waals surface area contributed by atoms with E-state index in [1.54, 1.807) is 7.11 Å². The summed E-state index contributed by atoms with van der Waals surface area (Å²) in [6, 6.07) is 8.26. The first kappa shape index (κ1) is 19.2. The van der Waals surface area contributed by atoms with Crippen LogP contribution < -0.4 is 10.1 Å². The average Bonchev–Trinajstić information content (AvgIpc) is 2.41. The summed E-state index contributed by atoms with van der Waals surface area (Å²) in [5.74, 6) is 0.782. The zero-order valence-corrected chi connectivity index (χ0v) is 13.3. The lowest BCUT2D eigenvalue weighted by atomic mass is 10.1. The standard InChI is InChI=1S/C15H25NO3.ClH/c1-12(2)16-10-14(17)11-19-15-6-4-13(5-7-15)8-9-18-3;/h4-7,12,14,16-17H,8-11H2,1-3H3;1H/t14-;/m0./s1. The van der Waals surface area contributed by atoms with E-state index in [9.17, 15) is 5.11 Å². The Labute approximate surface area is 127 Å². The van der Waals surface area contributed by atoms with E-state index in [2.05, 4.69) is 5.32 Å². The highest BCUT2D eigenvalue weighted by Gasteiger charge is 2.05. The molecule has 0 aliphatic carbocycles. The molecule has 1 atom stereocenters. The average molecular weight is 304 g/mol. The van der Waals surface area contributed by atoms with Crippen molar-refractivity contribution in [2.24, 2.45) is 0 Å². The van der Waals surface area contributed by atoms with Gasteiger partial charge in [0, 0.05) is 19.7 Å². The van der Waals surface area contributed by atoms with Crippen LogP contribution in [0.4, 0.5) is 0 Å². The number of hydrogen-bond donors (Lipinski definition) is 2. The molecule has 5 heteroatoms. The van der Waals surface area contributed by atoms with E-state index >= 15 is 0 Å². The summed E-state index contributed by atoms with van der Waals surface area (Å²) in [6.45, 7) is 5.67. The molecule has 0 unspecified atom stereocenters. The van der Waals surface area contributed by atoms with Crippen LogP contribution in [0, 0.1) is 0 Å². The summed E-state index contributed by atoms with van der Waals surface area (Å²) >= 11 is 0. The molecule has 116 valence electrons. The fourth-order valence-electron chi connectivity index (χ4n) is 1.60. The Morgan fingerprint density at radius 1 is 1.20 bits per heavy atom. The third kappa shape index (κ3) is 8.38. The number of aliphatic hydroxyl groups excluding tert-OH is 1. The van der Waals surface area contributed by atoms with Crippen molar-refractivity contribution in [2.45, 2.75) is 32.4 Å². The summed E-state index contributed by atoms with van der Waals surface area (Å²) in [5.41, 5.74) is 1.22. The van der Waals surface area contributed by atoms with Crippen LogP contribution in [-0.4, -0.2) is 44.1 Å². The molecule has 0 aliphatic heterocycles. The first-order chi connectivity index (χ1) is 9.11. The molecule has 0 saturated carbocycles. The van der Waals surface area contributed by atoms with Crippen LogP contribution in [0.3, 0.4) is 0 Å². The van der Waals surface area contributed by atoms with Gasteiger partial charge in [-0.25, -0.2) is 0 Å². The second kappa shape index (κ2) is 10.9. The van der Waals surface area contributed by atoms with Gasteiger partial charge in [0.05, 0.1) is 6.61 Å². The molecule has 1 aromatic carbocycles. The highest BCUT2D eigenvalue weighted by molar-refractivity contribution is 5.85. The molecule has 1 rings (SSSR count). The third-order valence-corrected chi connectivity index (χ3v) is 2.72. The Morgan fingerprint density at radius 3 is 2.40 bits per heavy atom. The molecule has 20 heavy (non-hydrogen) atoms. The molecule has 4 nitrogen and oxygen atoms in total. The lowest BCUT2D eigenvalue weighted by molar-refractivity contribution is 0.104. The lowest BCUT2D eigenvalue weighted by Crippen LogP contribution is -2.35. The molecule has 0 saturated heterocycles. The maximum absolute atomic E-state index is 9.73. The summed E-state index contributed by atoms with van der Waals surface area (Å²) in [4.78, 5) is 0. The van der Waals surface area contributed by atoms with Crippen LogP contribution in [0.15, 0.2) is 24.3 Å². The van der Waals surface area contributed by atoms with E-state index < -0.39 is 6.10 Å². The van der Waals surface area contributed by atoms with Gasteiger partial charge in [-0.2, -0.15) is 0 Å². The molecule has 0 radical (unpaired) electrons. The SMILES string of the molecule is COCCc1ccc(OC[C@@H](O)CNC(C)C)cc1.Cl. The molecular weight excluding hydrogens is 278 g/mol. The molecule has 1 aromatic rings. The molecule has 0 bridgehead atoms. The first-order valence-corrected chi connectivity index (χ1v) is 6.74. The number of aliphatic hydroxyl groups is 1. The normalized spacial score (nSPS) is 12.1. The van der Waals surface area contributed by atoms with Gasteiger partial charge in [0.1, 0.15) is 18.5 Å². The molecule has 0 aromatic heterocycles. The largest absolute Gasteiger partial charge is 0.491 e. The van der Waals surface area contributed by atoms with Crippen LogP contribution in [0.2, 0.25) is 0 Å². The number of hydrogen-bond acceptors (Lipinski definition) is 4. The van der Waals surface area contributed by atoms with Gasteiger partial charge < -0.3 is 19.9 Å². The van der Waals surface area contributed by atoms with Crippen molar-refractivity contribution in [2.75, 3.05) is 26.9 Å². The van der Waals surface area contributed by atoms with Crippen LogP contribution in [0.25, 0.3) is 0 Å². The minimum Gasteiger partial charge on any atom is -0.491 e. The van der Waals surface area contributed by atoms with E-state index in [1.165, 1.54) is 5.56 Å². The van der Waals surface area contributed by atoms with Crippen molar-refractivity contribution in [3.8, 4) is 5.75 Å². The summed E-state index contributed by atoms with van der Waals surface area (Å²) in [5, 5.41) is 12.9. The topological polar surface area (TPSA) is 50.7 Å². The number of methoxy groups -OCH3 is 1. The summed E-state index contributed by atoms with van der Waals surface area (Å²) in [7, 11) is 1.70. The van der Waals surface area contributed by atoms with Gasteiger partial charge in [-0.3, -0.25) is 0 Å². The maximum Gasteiger partial charge on any atom is 0.119 e. The first-order valence-electron chi connectivity index (χ1n) is 6.74. The van der Waals surface area contributed by atoms with Crippen LogP contribution in [0.1, 0.15) is 19.4 Å². The van der Waals surface area contributed by atoms with Gasteiger partial charge in [0.15, 0.2) is 0 Å². The number of halogens is 1. The van der Waals surface area contributed by atoms with Crippen molar-refractivity contribution in [1.29, 1.82) is 0 Å². The summed E-state index contributed by atoms with van der Waals surface area (Å²) < 4.78 is 10.6. The molecule has 0 aliphatic rings. The Bertz CT molecular complexity index is 343. The minimum absolute atomic E-state index is 0. The molecule has 0 spiro atoms. The molecule has 0 heterocycles. The Morgan fingerprint density at radius 2 is 1.85 bits per heavy atom. The van der Waals surface area contributed by atoms with Crippen molar-refractivity contribution < 1.29 is 14.6 Å². The van der Waals surface area contributed by atoms with Crippen molar-refractivity contribution >= 4 is 12.4 Å². The van der Waals surface area contributed by atoms with E-state index in [-0.39, 0.29) is 12.4 Å². The number of ether oxygens (including phenoxy) is 2. The second-order valence-electron chi connectivity index (χ2n) is 4.91. The highest BCUT2D eigenvalue weighted by atomic mass is 35.5. The number of benzene rings is 1. The van der Waals surface area contributed by atoms with Gasteiger partial charge in [0.2, 0.25) is 0 Å². The van der Waals surface area contributed by atoms with E-state index in [0.717, 1.165) is 18.8 Å². The van der Waals surface area contributed by atoms with Crippen molar-refractivity contribution in [3.63, 3.8) is 0 Å². The number of nitrogens with one attached hydrogen (secondary N) is 1. The van der Waals surface area contributed by atoms with Gasteiger partial charge in [0.25, 0.3) is 0 Å². The molecule has 2 N–H and O–H groups in total. The van der Waals surface area contributed by atoms with E-state index in [4.69, 9.17) is 9.47 Å². The zero-order valence-electron chi connectivity index (χ0n) is 12.5. The van der Waals surface area contributed by atoms with Gasteiger partial charge in [-0.15, -0.1) is 12.4 Å². The van der Waals surface area contributed by atoms with Gasteiger partial charge in [-0.05, 0) is 24.1 Å². The fraction of sp³-hybridized carbons (Fsp3) is 0.600. The molecule has 0 amide bonds. The Balaban J connectivity index is 0.00000361. The van der Waals surface area contributed by atoms with Crippen molar-refractivity contribution in [3.05, 3.63) is 29.8 Å². The Hall–Kier alpha value is -0.810. The smallest absolute Gasteiger partial charge is 0.119 e. The quantitative estimate of drug-likeness (QED) is 0.733. The Kier molecular flexibility index (Phi) is 10.5. The van der Waals surface area contributed by atoms with Crippen molar-refractivity contribution in [1.82, 2.24) is 5.32 Å². The molecule has 0 fully saturated rings. The number of rotatable bonds is 9. The lowest BCUT2D eigenvalue weighted by Gasteiger charge is -2.15. The van der Waals surface area contributed by atoms with E-state index in [0.29, 0.717) is 19.2 Å². The van der Waals surface area contributed by atoms with Crippen LogP contribution in [-0.2, 0) is 11.2 Å². The maximum atomic E-state index is 9.73. The highest BCUT2D eigenvalue weighted by Crippen LogP contribution is 2.12. The zero-order chi connectivity index (χ0) is 14.1. The van der Waals surface area contributed by atoms with Crippen LogP contribution >= 0.6 is 12.4 Å². The van der Waals surface area contributed by atoms with Gasteiger partial charge >= 0.3 is 0 Å². The predicted molar refractivity (Wildman–Crippen MR) is 83.9 cm³/mol.